The third-order valence-corrected chi connectivity index (χ3v) is 3.82. The topological polar surface area (TPSA) is 51.2 Å². The summed E-state index contributed by atoms with van der Waals surface area (Å²) in [5.74, 6) is 0.911. The van der Waals surface area contributed by atoms with Gasteiger partial charge in [-0.1, -0.05) is 25.1 Å². The van der Waals surface area contributed by atoms with Crippen LogP contribution in [0.3, 0.4) is 0 Å². The smallest absolute Gasteiger partial charge is 0.220 e. The normalized spacial score (nSPS) is 11.7. The maximum atomic E-state index is 12.1. The molecule has 1 atom stereocenters. The van der Waals surface area contributed by atoms with Crippen LogP contribution in [0.1, 0.15) is 43.5 Å². The van der Waals surface area contributed by atoms with Gasteiger partial charge < -0.3 is 10.1 Å². The summed E-state index contributed by atoms with van der Waals surface area (Å²) in [6, 6.07) is 13.8. The van der Waals surface area contributed by atoms with Crippen molar-refractivity contribution in [2.24, 2.45) is 0 Å². The van der Waals surface area contributed by atoms with Gasteiger partial charge in [-0.25, -0.2) is 0 Å². The number of hydrogen-bond donors (Lipinski definition) is 1. The van der Waals surface area contributed by atoms with Crippen LogP contribution in [-0.4, -0.2) is 18.0 Å². The first-order chi connectivity index (χ1) is 11.2. The van der Waals surface area contributed by atoms with Crippen molar-refractivity contribution in [2.75, 3.05) is 7.11 Å². The Kier molecular flexibility index (Phi) is 6.60. The zero-order valence-electron chi connectivity index (χ0n) is 13.8. The fraction of sp³-hybridized carbons (Fsp3) is 0.368. The molecular formula is C19H24N2O2. The Hall–Kier alpha value is -2.36. The Balaban J connectivity index is 1.82. The summed E-state index contributed by atoms with van der Waals surface area (Å²) in [7, 11) is 1.65. The molecule has 1 aromatic heterocycles. The highest BCUT2D eigenvalue weighted by molar-refractivity contribution is 5.76. The van der Waals surface area contributed by atoms with Gasteiger partial charge in [-0.15, -0.1) is 0 Å². The maximum Gasteiger partial charge on any atom is 0.220 e. The molecule has 1 N–H and O–H groups in total. The molecule has 0 saturated carbocycles. The van der Waals surface area contributed by atoms with Crippen LogP contribution in [0, 0.1) is 0 Å². The quantitative estimate of drug-likeness (QED) is 0.809. The summed E-state index contributed by atoms with van der Waals surface area (Å²) < 4.78 is 5.17. The van der Waals surface area contributed by atoms with E-state index in [0.29, 0.717) is 6.42 Å². The van der Waals surface area contributed by atoms with Gasteiger partial charge in [0.15, 0.2) is 0 Å². The Morgan fingerprint density at radius 3 is 2.61 bits per heavy atom. The number of nitrogens with zero attached hydrogens (tertiary/aromatic N) is 1. The van der Waals surface area contributed by atoms with E-state index in [-0.39, 0.29) is 11.9 Å². The second kappa shape index (κ2) is 8.93. The van der Waals surface area contributed by atoms with Crippen LogP contribution < -0.4 is 10.1 Å². The highest BCUT2D eigenvalue weighted by Crippen LogP contribution is 2.20. The number of aryl methyl sites for hydroxylation is 1. The molecule has 0 unspecified atom stereocenters. The van der Waals surface area contributed by atoms with E-state index in [9.17, 15) is 4.79 Å². The van der Waals surface area contributed by atoms with E-state index < -0.39 is 0 Å². The Morgan fingerprint density at radius 2 is 2.00 bits per heavy atom. The highest BCUT2D eigenvalue weighted by Gasteiger charge is 2.12. The SMILES string of the molecule is CC[C@@H](NC(=O)CCCc1ccccn1)c1ccc(OC)cc1. The predicted molar refractivity (Wildman–Crippen MR) is 91.3 cm³/mol. The van der Waals surface area contributed by atoms with Gasteiger partial charge in [-0.05, 0) is 49.1 Å². The number of rotatable bonds is 8. The number of carbonyl (C=O) groups is 1. The van der Waals surface area contributed by atoms with Crippen molar-refractivity contribution in [1.29, 1.82) is 0 Å². The van der Waals surface area contributed by atoms with Crippen LogP contribution in [0.15, 0.2) is 48.7 Å². The number of amides is 1. The first-order valence-corrected chi connectivity index (χ1v) is 8.06. The zero-order valence-corrected chi connectivity index (χ0v) is 13.8. The summed E-state index contributed by atoms with van der Waals surface area (Å²) in [6.07, 6.45) is 4.79. The van der Waals surface area contributed by atoms with Crippen molar-refractivity contribution in [3.05, 3.63) is 59.9 Å². The molecule has 0 aliphatic rings. The average molecular weight is 312 g/mol. The van der Waals surface area contributed by atoms with Crippen LogP contribution in [-0.2, 0) is 11.2 Å². The lowest BCUT2D eigenvalue weighted by molar-refractivity contribution is -0.122. The molecule has 2 aromatic rings. The van der Waals surface area contributed by atoms with Gasteiger partial charge >= 0.3 is 0 Å². The molecule has 0 aliphatic carbocycles. The van der Waals surface area contributed by atoms with Crippen molar-refractivity contribution >= 4 is 5.91 Å². The number of benzene rings is 1. The van der Waals surface area contributed by atoms with E-state index in [1.165, 1.54) is 0 Å². The second-order valence-corrected chi connectivity index (χ2v) is 5.48. The Morgan fingerprint density at radius 1 is 1.22 bits per heavy atom. The molecule has 0 spiro atoms. The third-order valence-electron chi connectivity index (χ3n) is 3.82. The lowest BCUT2D eigenvalue weighted by Crippen LogP contribution is -2.28. The van der Waals surface area contributed by atoms with E-state index in [2.05, 4.69) is 17.2 Å². The van der Waals surface area contributed by atoms with Crippen molar-refractivity contribution < 1.29 is 9.53 Å². The molecular weight excluding hydrogens is 288 g/mol. The van der Waals surface area contributed by atoms with Gasteiger partial charge in [-0.2, -0.15) is 0 Å². The minimum absolute atomic E-state index is 0.0447. The summed E-state index contributed by atoms with van der Waals surface area (Å²) in [5.41, 5.74) is 2.13. The molecule has 0 bridgehead atoms. The minimum Gasteiger partial charge on any atom is -0.497 e. The van der Waals surface area contributed by atoms with E-state index in [0.717, 1.165) is 36.3 Å². The number of pyridine rings is 1. The molecule has 0 fully saturated rings. The van der Waals surface area contributed by atoms with Crippen molar-refractivity contribution in [2.45, 2.75) is 38.6 Å². The lowest BCUT2D eigenvalue weighted by Gasteiger charge is -2.18. The van der Waals surface area contributed by atoms with Gasteiger partial charge in [0.05, 0.1) is 13.2 Å². The van der Waals surface area contributed by atoms with Gasteiger partial charge in [-0.3, -0.25) is 9.78 Å². The molecule has 1 aromatic carbocycles. The molecule has 122 valence electrons. The van der Waals surface area contributed by atoms with Crippen LogP contribution in [0.4, 0.5) is 0 Å². The van der Waals surface area contributed by atoms with Gasteiger partial charge in [0.1, 0.15) is 5.75 Å². The molecule has 0 saturated heterocycles. The second-order valence-electron chi connectivity index (χ2n) is 5.48. The fourth-order valence-corrected chi connectivity index (χ4v) is 2.50. The van der Waals surface area contributed by atoms with Crippen LogP contribution in [0.25, 0.3) is 0 Å². The third kappa shape index (κ3) is 5.40. The van der Waals surface area contributed by atoms with Crippen LogP contribution in [0.2, 0.25) is 0 Å². The molecule has 0 aliphatic heterocycles. The Labute approximate surface area is 137 Å². The van der Waals surface area contributed by atoms with E-state index in [4.69, 9.17) is 4.74 Å². The number of nitrogens with one attached hydrogen (secondary N) is 1. The summed E-state index contributed by atoms with van der Waals surface area (Å²) in [4.78, 5) is 16.4. The fourth-order valence-electron chi connectivity index (χ4n) is 2.50. The molecule has 4 heteroatoms. The summed E-state index contributed by atoms with van der Waals surface area (Å²) >= 11 is 0. The molecule has 2 rings (SSSR count). The van der Waals surface area contributed by atoms with Crippen molar-refractivity contribution in [3.8, 4) is 5.75 Å². The molecule has 4 nitrogen and oxygen atoms in total. The maximum absolute atomic E-state index is 12.1. The molecule has 1 heterocycles. The van der Waals surface area contributed by atoms with Crippen LogP contribution in [0.5, 0.6) is 5.75 Å². The number of carbonyl (C=O) groups excluding carboxylic acids is 1. The standard InChI is InChI=1S/C19H24N2O2/c1-3-18(15-10-12-17(23-2)13-11-15)21-19(22)9-6-8-16-7-4-5-14-20-16/h4-5,7,10-14,18H,3,6,8-9H2,1-2H3,(H,21,22)/t18-/m1/s1. The van der Waals surface area contributed by atoms with E-state index >= 15 is 0 Å². The number of aromatic nitrogens is 1. The lowest BCUT2D eigenvalue weighted by atomic mass is 10.0. The molecule has 1 amide bonds. The number of hydrogen-bond acceptors (Lipinski definition) is 3. The zero-order chi connectivity index (χ0) is 16.5. The first kappa shape index (κ1) is 17.0. The number of methoxy groups -OCH3 is 1. The Bertz CT molecular complexity index is 597. The average Bonchev–Trinajstić information content (AvgIpc) is 2.61. The van der Waals surface area contributed by atoms with E-state index in [1.54, 1.807) is 13.3 Å². The molecule has 23 heavy (non-hydrogen) atoms. The summed E-state index contributed by atoms with van der Waals surface area (Å²) in [5, 5.41) is 3.11. The van der Waals surface area contributed by atoms with Gasteiger partial charge in [0.25, 0.3) is 0 Å². The highest BCUT2D eigenvalue weighted by atomic mass is 16.5. The molecule has 0 radical (unpaired) electrons. The summed E-state index contributed by atoms with van der Waals surface area (Å²) in [6.45, 7) is 2.07. The minimum atomic E-state index is 0.0447. The van der Waals surface area contributed by atoms with E-state index in [1.807, 2.05) is 42.5 Å². The van der Waals surface area contributed by atoms with Crippen molar-refractivity contribution in [3.63, 3.8) is 0 Å². The van der Waals surface area contributed by atoms with Gasteiger partial charge in [0, 0.05) is 18.3 Å². The predicted octanol–water partition coefficient (Wildman–Crippen LogP) is 3.68. The monoisotopic (exact) mass is 312 g/mol. The van der Waals surface area contributed by atoms with Crippen molar-refractivity contribution in [1.82, 2.24) is 10.3 Å². The largest absolute Gasteiger partial charge is 0.497 e. The van der Waals surface area contributed by atoms with Crippen LogP contribution >= 0.6 is 0 Å². The number of ether oxygens (including phenoxy) is 1. The first-order valence-electron chi connectivity index (χ1n) is 8.06. The van der Waals surface area contributed by atoms with Gasteiger partial charge in [0.2, 0.25) is 5.91 Å².